The number of aliphatic hydroxyl groups is 1. The number of allylic oxidation sites excluding steroid dienone is 2. The van der Waals surface area contributed by atoms with E-state index in [9.17, 15) is 24.3 Å². The summed E-state index contributed by atoms with van der Waals surface area (Å²) in [5.41, 5.74) is 1.81. The van der Waals surface area contributed by atoms with Gasteiger partial charge in [0.25, 0.3) is 0 Å². The van der Waals surface area contributed by atoms with Gasteiger partial charge in [-0.15, -0.1) is 13.2 Å². The van der Waals surface area contributed by atoms with Crippen molar-refractivity contribution < 1.29 is 33.8 Å². The molecule has 2 aromatic rings. The van der Waals surface area contributed by atoms with Gasteiger partial charge in [-0.2, -0.15) is 0 Å². The van der Waals surface area contributed by atoms with Gasteiger partial charge in [0.15, 0.2) is 0 Å². The normalized spacial score (nSPS) is 11.8. The number of carbonyl (C=O) groups excluding carboxylic acids is 4. The van der Waals surface area contributed by atoms with Crippen LogP contribution in [-0.4, -0.2) is 66.2 Å². The standard InChI is InChI=1S/C36H49N3O7/c1-3-5-8-21-34(42)45-28-32(20-13-14-22-37-36(44)46-27-30-18-11-7-12-19-30)38-35(43)31(15-4-2)25-33(41)39(23-24-40)26-29-16-9-6-10-17-29/h3-4,6-7,9-12,16-19,31-32,40H,1-2,5,8,13-15,20-28H2,(H,37,44)(H,38,43)/t31-,32+/m1/s1. The summed E-state index contributed by atoms with van der Waals surface area (Å²) in [5, 5.41) is 15.3. The summed E-state index contributed by atoms with van der Waals surface area (Å²) in [5.74, 6) is -1.64. The zero-order valence-electron chi connectivity index (χ0n) is 26.7. The first-order valence-corrected chi connectivity index (χ1v) is 15.9. The Balaban J connectivity index is 1.94. The zero-order valence-corrected chi connectivity index (χ0v) is 26.7. The molecule has 2 atom stereocenters. The lowest BCUT2D eigenvalue weighted by atomic mass is 9.98. The van der Waals surface area contributed by atoms with Crippen LogP contribution in [0.25, 0.3) is 0 Å². The highest BCUT2D eigenvalue weighted by molar-refractivity contribution is 5.86. The quantitative estimate of drug-likeness (QED) is 0.0882. The summed E-state index contributed by atoms with van der Waals surface area (Å²) < 4.78 is 10.7. The van der Waals surface area contributed by atoms with Gasteiger partial charge in [-0.1, -0.05) is 72.8 Å². The number of ether oxygens (including phenoxy) is 2. The number of hydrogen-bond donors (Lipinski definition) is 3. The Morgan fingerprint density at radius 3 is 2.24 bits per heavy atom. The van der Waals surface area contributed by atoms with E-state index in [1.54, 1.807) is 17.1 Å². The van der Waals surface area contributed by atoms with E-state index in [4.69, 9.17) is 9.47 Å². The Morgan fingerprint density at radius 1 is 0.891 bits per heavy atom. The number of unbranched alkanes of at least 4 members (excludes halogenated alkanes) is 2. The molecule has 2 rings (SSSR count). The first-order valence-electron chi connectivity index (χ1n) is 15.9. The lowest BCUT2D eigenvalue weighted by Crippen LogP contribution is -2.44. The maximum atomic E-state index is 13.4. The highest BCUT2D eigenvalue weighted by Gasteiger charge is 2.26. The summed E-state index contributed by atoms with van der Waals surface area (Å²) in [6.45, 7) is 8.24. The number of rotatable bonds is 23. The first-order chi connectivity index (χ1) is 22.4. The molecule has 0 saturated carbocycles. The fourth-order valence-corrected chi connectivity index (χ4v) is 4.69. The Morgan fingerprint density at radius 2 is 1.59 bits per heavy atom. The van der Waals surface area contributed by atoms with Gasteiger partial charge >= 0.3 is 12.1 Å². The SMILES string of the molecule is C=CCCCC(=O)OC[C@H](CCCCNC(=O)OCc1ccccc1)NC(=O)[C@H](CC=C)CC(=O)N(CCO)Cc1ccccc1. The molecule has 0 aliphatic carbocycles. The Kier molecular flexibility index (Phi) is 18.9. The fraction of sp³-hybridized carbons (Fsp3) is 0.444. The van der Waals surface area contributed by atoms with E-state index >= 15 is 0 Å². The Labute approximate surface area is 272 Å². The van der Waals surface area contributed by atoms with Crippen molar-refractivity contribution in [3.63, 3.8) is 0 Å². The maximum Gasteiger partial charge on any atom is 0.407 e. The zero-order chi connectivity index (χ0) is 33.4. The largest absolute Gasteiger partial charge is 0.463 e. The minimum absolute atomic E-state index is 0.00932. The third-order valence-electron chi connectivity index (χ3n) is 7.22. The van der Waals surface area contributed by atoms with Crippen LogP contribution in [0.3, 0.4) is 0 Å². The number of esters is 1. The van der Waals surface area contributed by atoms with Gasteiger partial charge in [-0.25, -0.2) is 4.79 Å². The van der Waals surface area contributed by atoms with Gasteiger partial charge < -0.3 is 30.1 Å². The van der Waals surface area contributed by atoms with Crippen molar-refractivity contribution in [2.45, 2.75) is 70.6 Å². The highest BCUT2D eigenvalue weighted by atomic mass is 16.5. The molecule has 3 N–H and O–H groups in total. The molecule has 46 heavy (non-hydrogen) atoms. The molecule has 0 fully saturated rings. The van der Waals surface area contributed by atoms with Crippen molar-refractivity contribution in [2.75, 3.05) is 26.3 Å². The van der Waals surface area contributed by atoms with Crippen LogP contribution in [0.15, 0.2) is 86.0 Å². The van der Waals surface area contributed by atoms with Gasteiger partial charge in [0, 0.05) is 32.5 Å². The van der Waals surface area contributed by atoms with Crippen LogP contribution >= 0.6 is 0 Å². The van der Waals surface area contributed by atoms with Crippen molar-refractivity contribution in [1.82, 2.24) is 15.5 Å². The first kappa shape index (κ1) is 37.7. The molecule has 0 aliphatic heterocycles. The Hall–Kier alpha value is -4.44. The van der Waals surface area contributed by atoms with E-state index in [0.717, 1.165) is 11.1 Å². The molecule has 0 unspecified atom stereocenters. The van der Waals surface area contributed by atoms with E-state index in [1.807, 2.05) is 60.7 Å². The molecule has 3 amide bonds. The molecule has 0 heterocycles. The molecule has 0 saturated heterocycles. The summed E-state index contributed by atoms with van der Waals surface area (Å²) in [4.78, 5) is 52.6. The molecule has 10 heteroatoms. The minimum Gasteiger partial charge on any atom is -0.463 e. The van der Waals surface area contributed by atoms with Crippen LogP contribution in [0.5, 0.6) is 0 Å². The average molecular weight is 636 g/mol. The number of carbonyl (C=O) groups is 4. The van der Waals surface area contributed by atoms with Gasteiger partial charge in [0.05, 0.1) is 18.6 Å². The lowest BCUT2D eigenvalue weighted by molar-refractivity contribution is -0.145. The molecule has 10 nitrogen and oxygen atoms in total. The number of amides is 3. The predicted molar refractivity (Wildman–Crippen MR) is 177 cm³/mol. The van der Waals surface area contributed by atoms with E-state index in [2.05, 4.69) is 23.8 Å². The number of benzene rings is 2. The maximum absolute atomic E-state index is 13.4. The predicted octanol–water partition coefficient (Wildman–Crippen LogP) is 5.07. The molecular formula is C36H49N3O7. The third kappa shape index (κ3) is 16.0. The summed E-state index contributed by atoms with van der Waals surface area (Å²) in [6, 6.07) is 18.4. The van der Waals surface area contributed by atoms with E-state index in [1.165, 1.54) is 0 Å². The van der Waals surface area contributed by atoms with Crippen LogP contribution in [0, 0.1) is 5.92 Å². The van der Waals surface area contributed by atoms with Crippen molar-refractivity contribution in [3.8, 4) is 0 Å². The van der Waals surface area contributed by atoms with Crippen LogP contribution in [0.4, 0.5) is 4.79 Å². The highest BCUT2D eigenvalue weighted by Crippen LogP contribution is 2.16. The van der Waals surface area contributed by atoms with Crippen molar-refractivity contribution in [2.24, 2.45) is 5.92 Å². The molecule has 0 radical (unpaired) electrons. The van der Waals surface area contributed by atoms with E-state index in [0.29, 0.717) is 45.2 Å². The third-order valence-corrected chi connectivity index (χ3v) is 7.22. The smallest absolute Gasteiger partial charge is 0.407 e. The van der Waals surface area contributed by atoms with Gasteiger partial charge in [0.2, 0.25) is 11.8 Å². The number of nitrogens with zero attached hydrogens (tertiary/aromatic N) is 1. The number of alkyl carbamates (subject to hydrolysis) is 1. The van der Waals surface area contributed by atoms with E-state index < -0.39 is 18.1 Å². The van der Waals surface area contributed by atoms with Crippen molar-refractivity contribution >= 4 is 23.9 Å². The van der Waals surface area contributed by atoms with Crippen LogP contribution < -0.4 is 10.6 Å². The second-order valence-corrected chi connectivity index (χ2v) is 11.0. The van der Waals surface area contributed by atoms with Crippen molar-refractivity contribution in [3.05, 3.63) is 97.1 Å². The molecule has 0 aliphatic rings. The molecule has 0 aromatic heterocycles. The summed E-state index contributed by atoms with van der Waals surface area (Å²) >= 11 is 0. The Bertz CT molecular complexity index is 1210. The van der Waals surface area contributed by atoms with Gasteiger partial charge in [-0.05, 0) is 49.7 Å². The van der Waals surface area contributed by atoms with Gasteiger partial charge in [0.1, 0.15) is 13.2 Å². The molecule has 0 spiro atoms. The second-order valence-electron chi connectivity index (χ2n) is 11.0. The number of hydrogen-bond acceptors (Lipinski definition) is 7. The molecular weight excluding hydrogens is 586 g/mol. The van der Waals surface area contributed by atoms with Gasteiger partial charge in [-0.3, -0.25) is 14.4 Å². The van der Waals surface area contributed by atoms with Crippen LogP contribution in [0.1, 0.15) is 62.5 Å². The summed E-state index contributed by atoms with van der Waals surface area (Å²) in [7, 11) is 0. The van der Waals surface area contributed by atoms with Crippen LogP contribution in [0.2, 0.25) is 0 Å². The number of aliphatic hydroxyl groups excluding tert-OH is 1. The van der Waals surface area contributed by atoms with Crippen LogP contribution in [-0.2, 0) is 37.0 Å². The van der Waals surface area contributed by atoms with Crippen molar-refractivity contribution in [1.29, 1.82) is 0 Å². The summed E-state index contributed by atoms with van der Waals surface area (Å²) in [6.07, 6.45) is 6.35. The topological polar surface area (TPSA) is 134 Å². The average Bonchev–Trinajstić information content (AvgIpc) is 3.06. The second kappa shape index (κ2) is 23.0. The monoisotopic (exact) mass is 635 g/mol. The van der Waals surface area contributed by atoms with E-state index in [-0.39, 0.29) is 63.4 Å². The number of nitrogens with one attached hydrogen (secondary N) is 2. The minimum atomic E-state index is -0.686. The molecule has 0 bridgehead atoms. The lowest BCUT2D eigenvalue weighted by Gasteiger charge is -2.26. The molecule has 2 aromatic carbocycles. The fourth-order valence-electron chi connectivity index (χ4n) is 4.69. The molecule has 250 valence electrons.